The van der Waals surface area contributed by atoms with Crippen molar-refractivity contribution in [3.8, 4) is 0 Å². The molecule has 0 aliphatic carbocycles. The molecule has 0 amide bonds. The SMILES string of the molecule is NC(c1ccccc1)C(O)(C=O)C(=O)O. The molecule has 0 aliphatic rings. The van der Waals surface area contributed by atoms with E-state index in [1.807, 2.05) is 0 Å². The van der Waals surface area contributed by atoms with Crippen LogP contribution in [0.2, 0.25) is 0 Å². The van der Waals surface area contributed by atoms with Gasteiger partial charge in [-0.15, -0.1) is 0 Å². The van der Waals surface area contributed by atoms with Crippen LogP contribution >= 0.6 is 0 Å². The fourth-order valence-corrected chi connectivity index (χ4v) is 1.17. The Labute approximate surface area is 86.1 Å². The summed E-state index contributed by atoms with van der Waals surface area (Å²) in [4.78, 5) is 21.3. The highest BCUT2D eigenvalue weighted by molar-refractivity contribution is 5.96. The molecule has 0 fully saturated rings. The Morgan fingerprint density at radius 1 is 1.40 bits per heavy atom. The molecule has 4 N–H and O–H groups in total. The zero-order valence-corrected chi connectivity index (χ0v) is 7.83. The van der Waals surface area contributed by atoms with Crippen LogP contribution in [-0.4, -0.2) is 28.1 Å². The van der Waals surface area contributed by atoms with Crippen LogP contribution in [0.5, 0.6) is 0 Å². The van der Waals surface area contributed by atoms with Gasteiger partial charge in [-0.25, -0.2) is 4.79 Å². The highest BCUT2D eigenvalue weighted by Crippen LogP contribution is 2.22. The van der Waals surface area contributed by atoms with Gasteiger partial charge < -0.3 is 15.9 Å². The maximum Gasteiger partial charge on any atom is 0.345 e. The predicted octanol–water partition coefficient (Wildman–Crippen LogP) is -0.299. The third-order valence-electron chi connectivity index (χ3n) is 2.16. The number of rotatable bonds is 4. The van der Waals surface area contributed by atoms with E-state index in [0.29, 0.717) is 5.56 Å². The van der Waals surface area contributed by atoms with Crippen molar-refractivity contribution >= 4 is 12.3 Å². The molecule has 0 spiro atoms. The minimum atomic E-state index is -2.58. The number of benzene rings is 1. The summed E-state index contributed by atoms with van der Waals surface area (Å²) in [5.41, 5.74) is 3.32. The average molecular weight is 209 g/mol. The summed E-state index contributed by atoms with van der Waals surface area (Å²) in [6, 6.07) is 6.81. The Balaban J connectivity index is 3.07. The molecule has 80 valence electrons. The van der Waals surface area contributed by atoms with E-state index in [1.54, 1.807) is 30.3 Å². The smallest absolute Gasteiger partial charge is 0.345 e. The number of aliphatic hydroxyl groups is 1. The van der Waals surface area contributed by atoms with Crippen LogP contribution in [0.3, 0.4) is 0 Å². The molecule has 5 heteroatoms. The summed E-state index contributed by atoms with van der Waals surface area (Å²) in [7, 11) is 0. The van der Waals surface area contributed by atoms with Gasteiger partial charge in [0.1, 0.15) is 0 Å². The molecule has 2 atom stereocenters. The van der Waals surface area contributed by atoms with Crippen LogP contribution < -0.4 is 5.73 Å². The minimum Gasteiger partial charge on any atom is -0.479 e. The number of carbonyl (C=O) groups is 2. The molecular formula is C10H11NO4. The second-order valence-corrected chi connectivity index (χ2v) is 3.14. The molecule has 0 aliphatic heterocycles. The molecule has 0 radical (unpaired) electrons. The van der Waals surface area contributed by atoms with Crippen LogP contribution in [-0.2, 0) is 9.59 Å². The van der Waals surface area contributed by atoms with Crippen LogP contribution in [0.1, 0.15) is 11.6 Å². The van der Waals surface area contributed by atoms with Gasteiger partial charge in [0, 0.05) is 0 Å². The summed E-state index contributed by atoms with van der Waals surface area (Å²) in [5, 5.41) is 18.2. The van der Waals surface area contributed by atoms with E-state index >= 15 is 0 Å². The number of carboxylic acid groups (broad SMARTS) is 1. The normalized spacial score (nSPS) is 16.4. The second-order valence-electron chi connectivity index (χ2n) is 3.14. The predicted molar refractivity (Wildman–Crippen MR) is 52.0 cm³/mol. The van der Waals surface area contributed by atoms with E-state index in [-0.39, 0.29) is 6.29 Å². The Hall–Kier alpha value is -1.72. The molecule has 1 rings (SSSR count). The van der Waals surface area contributed by atoms with Crippen LogP contribution in [0.4, 0.5) is 0 Å². The maximum atomic E-state index is 10.7. The largest absolute Gasteiger partial charge is 0.479 e. The van der Waals surface area contributed by atoms with E-state index in [0.717, 1.165) is 0 Å². The van der Waals surface area contributed by atoms with E-state index in [2.05, 4.69) is 0 Å². The first-order valence-electron chi connectivity index (χ1n) is 4.25. The van der Waals surface area contributed by atoms with Crippen LogP contribution in [0, 0.1) is 0 Å². The zero-order valence-electron chi connectivity index (χ0n) is 7.83. The molecule has 0 aromatic heterocycles. The van der Waals surface area contributed by atoms with Crippen LogP contribution in [0.25, 0.3) is 0 Å². The van der Waals surface area contributed by atoms with Crippen molar-refractivity contribution in [2.75, 3.05) is 0 Å². The molecular weight excluding hydrogens is 198 g/mol. The number of aldehydes is 1. The Morgan fingerprint density at radius 3 is 2.33 bits per heavy atom. The number of aliphatic carboxylic acids is 1. The summed E-state index contributed by atoms with van der Waals surface area (Å²) >= 11 is 0. The lowest BCUT2D eigenvalue weighted by Crippen LogP contribution is -2.49. The number of carbonyl (C=O) groups excluding carboxylic acids is 1. The van der Waals surface area contributed by atoms with Gasteiger partial charge in [-0.3, -0.25) is 4.79 Å². The zero-order chi connectivity index (χ0) is 11.5. The number of carboxylic acids is 1. The molecule has 2 unspecified atom stereocenters. The maximum absolute atomic E-state index is 10.7. The number of hydrogen-bond acceptors (Lipinski definition) is 4. The van der Waals surface area contributed by atoms with E-state index < -0.39 is 17.6 Å². The van der Waals surface area contributed by atoms with E-state index in [4.69, 9.17) is 10.8 Å². The first kappa shape index (κ1) is 11.4. The molecule has 0 saturated carbocycles. The molecule has 0 heterocycles. The van der Waals surface area contributed by atoms with E-state index in [9.17, 15) is 14.7 Å². The highest BCUT2D eigenvalue weighted by Gasteiger charge is 2.43. The molecule has 1 aromatic rings. The molecule has 0 bridgehead atoms. The quantitative estimate of drug-likeness (QED) is 0.467. The van der Waals surface area contributed by atoms with Gasteiger partial charge >= 0.3 is 5.97 Å². The fourth-order valence-electron chi connectivity index (χ4n) is 1.17. The van der Waals surface area contributed by atoms with Gasteiger partial charge in [0.2, 0.25) is 5.60 Å². The van der Waals surface area contributed by atoms with Gasteiger partial charge in [0.05, 0.1) is 6.04 Å². The lowest BCUT2D eigenvalue weighted by atomic mass is 9.90. The molecule has 15 heavy (non-hydrogen) atoms. The van der Waals surface area contributed by atoms with Crippen molar-refractivity contribution in [2.24, 2.45) is 5.73 Å². The van der Waals surface area contributed by atoms with Gasteiger partial charge in [-0.05, 0) is 5.56 Å². The lowest BCUT2D eigenvalue weighted by Gasteiger charge is -2.24. The van der Waals surface area contributed by atoms with Gasteiger partial charge in [-0.1, -0.05) is 30.3 Å². The molecule has 0 saturated heterocycles. The van der Waals surface area contributed by atoms with Crippen molar-refractivity contribution in [1.82, 2.24) is 0 Å². The second kappa shape index (κ2) is 4.20. The summed E-state index contributed by atoms with van der Waals surface area (Å²) < 4.78 is 0. The lowest BCUT2D eigenvalue weighted by molar-refractivity contribution is -0.162. The van der Waals surface area contributed by atoms with Crippen molar-refractivity contribution in [3.63, 3.8) is 0 Å². The van der Waals surface area contributed by atoms with Crippen molar-refractivity contribution in [3.05, 3.63) is 35.9 Å². The summed E-state index contributed by atoms with van der Waals surface area (Å²) in [6.45, 7) is 0. The first-order valence-corrected chi connectivity index (χ1v) is 4.25. The molecule has 5 nitrogen and oxygen atoms in total. The summed E-state index contributed by atoms with van der Waals surface area (Å²) in [6.07, 6.45) is -0.0625. The Morgan fingerprint density at radius 2 is 1.93 bits per heavy atom. The van der Waals surface area contributed by atoms with Crippen molar-refractivity contribution in [1.29, 1.82) is 0 Å². The Kier molecular flexibility index (Phi) is 3.18. The van der Waals surface area contributed by atoms with Gasteiger partial charge in [0.15, 0.2) is 6.29 Å². The first-order chi connectivity index (χ1) is 7.02. The third kappa shape index (κ3) is 2.03. The third-order valence-corrected chi connectivity index (χ3v) is 2.16. The number of nitrogens with two attached hydrogens (primary N) is 1. The van der Waals surface area contributed by atoms with Gasteiger partial charge in [0.25, 0.3) is 0 Å². The molecule has 1 aromatic carbocycles. The average Bonchev–Trinajstić information content (AvgIpc) is 2.28. The van der Waals surface area contributed by atoms with Crippen LogP contribution in [0.15, 0.2) is 30.3 Å². The number of hydrogen-bond donors (Lipinski definition) is 3. The standard InChI is InChI=1S/C10H11NO4/c11-8(7-4-2-1-3-5-7)10(15,6-12)9(13)14/h1-6,8,15H,11H2,(H,13,14). The topological polar surface area (TPSA) is 101 Å². The van der Waals surface area contributed by atoms with Gasteiger partial charge in [-0.2, -0.15) is 0 Å². The fraction of sp³-hybridized carbons (Fsp3) is 0.200. The highest BCUT2D eigenvalue weighted by atomic mass is 16.4. The summed E-state index contributed by atoms with van der Waals surface area (Å²) in [5.74, 6) is -1.66. The Bertz CT molecular complexity index is 365. The van der Waals surface area contributed by atoms with Crippen molar-refractivity contribution < 1.29 is 19.8 Å². The minimum absolute atomic E-state index is 0.0625. The van der Waals surface area contributed by atoms with Crippen molar-refractivity contribution in [2.45, 2.75) is 11.6 Å². The van der Waals surface area contributed by atoms with E-state index in [1.165, 1.54) is 0 Å². The monoisotopic (exact) mass is 209 g/mol.